The smallest absolute Gasteiger partial charge is 0.141 e. The van der Waals surface area contributed by atoms with Crippen molar-refractivity contribution in [3.63, 3.8) is 0 Å². The van der Waals surface area contributed by atoms with E-state index in [4.69, 9.17) is 22.1 Å². The Bertz CT molecular complexity index is 589. The van der Waals surface area contributed by atoms with Gasteiger partial charge in [-0.1, -0.05) is 23.7 Å². The fourth-order valence-electron chi connectivity index (χ4n) is 1.83. The van der Waals surface area contributed by atoms with Gasteiger partial charge in [-0.25, -0.2) is 4.39 Å². The van der Waals surface area contributed by atoms with Crippen molar-refractivity contribution in [3.05, 3.63) is 63.3 Å². The van der Waals surface area contributed by atoms with E-state index in [0.29, 0.717) is 15.2 Å². The van der Waals surface area contributed by atoms with E-state index in [1.165, 1.54) is 6.07 Å². The highest BCUT2D eigenvalue weighted by atomic mass is 79.9. The third kappa shape index (κ3) is 3.72. The predicted octanol–water partition coefficient (Wildman–Crippen LogP) is 4.71. The quantitative estimate of drug-likeness (QED) is 0.859. The van der Waals surface area contributed by atoms with Gasteiger partial charge < -0.3 is 10.5 Å². The Morgan fingerprint density at radius 3 is 2.40 bits per heavy atom. The molecule has 0 radical (unpaired) electrons. The Balaban J connectivity index is 2.25. The van der Waals surface area contributed by atoms with E-state index in [-0.39, 0.29) is 18.0 Å². The molecule has 2 N–H and O–H groups in total. The van der Waals surface area contributed by atoms with Gasteiger partial charge in [0.15, 0.2) is 0 Å². The third-order valence-electron chi connectivity index (χ3n) is 2.83. The average molecular weight is 359 g/mol. The van der Waals surface area contributed by atoms with Crippen LogP contribution in [0.3, 0.4) is 0 Å². The summed E-state index contributed by atoms with van der Waals surface area (Å²) in [4.78, 5) is 0. The number of rotatable bonds is 4. The van der Waals surface area contributed by atoms with E-state index in [2.05, 4.69) is 15.9 Å². The number of benzene rings is 2. The minimum absolute atomic E-state index is 0.247. The molecular weight excluding hydrogens is 345 g/mol. The number of hydrogen-bond donors (Lipinski definition) is 1. The van der Waals surface area contributed by atoms with E-state index in [1.54, 1.807) is 24.3 Å². The first kappa shape index (κ1) is 15.3. The lowest BCUT2D eigenvalue weighted by molar-refractivity contribution is 0.179. The molecule has 2 unspecified atom stereocenters. The summed E-state index contributed by atoms with van der Waals surface area (Å²) >= 11 is 8.97. The molecule has 0 saturated heterocycles. The lowest BCUT2D eigenvalue weighted by Crippen LogP contribution is -2.29. The van der Waals surface area contributed by atoms with Crippen LogP contribution in [0.5, 0.6) is 5.75 Å². The number of halogens is 3. The Morgan fingerprint density at radius 1 is 1.20 bits per heavy atom. The molecule has 0 fully saturated rings. The fraction of sp³-hybridized carbons (Fsp3) is 0.200. The lowest BCUT2D eigenvalue weighted by Gasteiger charge is -2.23. The van der Waals surface area contributed by atoms with Crippen LogP contribution >= 0.6 is 27.5 Å². The molecule has 0 heterocycles. The first-order chi connectivity index (χ1) is 9.47. The van der Waals surface area contributed by atoms with Crippen molar-refractivity contribution in [2.24, 2.45) is 5.73 Å². The van der Waals surface area contributed by atoms with Crippen molar-refractivity contribution in [3.8, 4) is 5.75 Å². The van der Waals surface area contributed by atoms with Crippen molar-refractivity contribution in [1.82, 2.24) is 0 Å². The zero-order valence-electron chi connectivity index (χ0n) is 10.8. The molecule has 5 heteroatoms. The van der Waals surface area contributed by atoms with Gasteiger partial charge in [-0.15, -0.1) is 0 Å². The van der Waals surface area contributed by atoms with Gasteiger partial charge in [0, 0.05) is 17.1 Å². The summed E-state index contributed by atoms with van der Waals surface area (Å²) in [7, 11) is 0. The second-order valence-corrected chi connectivity index (χ2v) is 5.82. The van der Waals surface area contributed by atoms with Crippen LogP contribution in [0, 0.1) is 5.82 Å². The van der Waals surface area contributed by atoms with Crippen LogP contribution in [0.4, 0.5) is 4.39 Å². The van der Waals surface area contributed by atoms with Crippen LogP contribution < -0.4 is 10.5 Å². The van der Waals surface area contributed by atoms with Crippen LogP contribution in [0.2, 0.25) is 5.02 Å². The summed E-state index contributed by atoms with van der Waals surface area (Å²) in [5.74, 6) is 0.0602. The van der Waals surface area contributed by atoms with Gasteiger partial charge in [0.2, 0.25) is 0 Å². The predicted molar refractivity (Wildman–Crippen MR) is 82.6 cm³/mol. The van der Waals surface area contributed by atoms with Gasteiger partial charge in [-0.3, -0.25) is 0 Å². The average Bonchev–Trinajstić information content (AvgIpc) is 2.41. The summed E-state index contributed by atoms with van der Waals surface area (Å²) in [6.45, 7) is 1.84. The summed E-state index contributed by atoms with van der Waals surface area (Å²) in [5, 5.41) is 0.645. The summed E-state index contributed by atoms with van der Waals surface area (Å²) < 4.78 is 19.7. The van der Waals surface area contributed by atoms with Crippen molar-refractivity contribution in [2.75, 3.05) is 0 Å². The second-order valence-electron chi connectivity index (χ2n) is 4.53. The maximum absolute atomic E-state index is 13.5. The molecule has 0 aliphatic carbocycles. The second kappa shape index (κ2) is 6.57. The van der Waals surface area contributed by atoms with E-state index >= 15 is 0 Å². The molecule has 2 rings (SSSR count). The molecule has 20 heavy (non-hydrogen) atoms. The first-order valence-electron chi connectivity index (χ1n) is 6.10. The van der Waals surface area contributed by atoms with Gasteiger partial charge in [-0.05, 0) is 52.7 Å². The van der Waals surface area contributed by atoms with Crippen molar-refractivity contribution in [2.45, 2.75) is 19.1 Å². The SMILES string of the molecule is CC(N)C(Oc1ccc(Br)c(F)c1)c1ccc(Cl)cc1. The van der Waals surface area contributed by atoms with Crippen LogP contribution in [-0.4, -0.2) is 6.04 Å². The summed E-state index contributed by atoms with van der Waals surface area (Å²) in [5.41, 5.74) is 6.86. The molecule has 0 amide bonds. The standard InChI is InChI=1S/C15H14BrClFNO/c1-9(19)15(10-2-4-11(17)5-3-10)20-12-6-7-13(16)14(18)8-12/h2-9,15H,19H2,1H3. The van der Waals surface area contributed by atoms with E-state index < -0.39 is 0 Å². The van der Waals surface area contributed by atoms with Crippen LogP contribution in [0.1, 0.15) is 18.6 Å². The molecular formula is C15H14BrClFNO. The van der Waals surface area contributed by atoms with E-state index in [1.807, 2.05) is 19.1 Å². The highest BCUT2D eigenvalue weighted by Crippen LogP contribution is 2.28. The molecule has 0 saturated carbocycles. The highest BCUT2D eigenvalue weighted by Gasteiger charge is 2.18. The van der Waals surface area contributed by atoms with Crippen LogP contribution in [-0.2, 0) is 0 Å². The maximum atomic E-state index is 13.5. The molecule has 2 atom stereocenters. The minimum atomic E-state index is -0.373. The van der Waals surface area contributed by atoms with Gasteiger partial charge in [0.05, 0.1) is 4.47 Å². The topological polar surface area (TPSA) is 35.2 Å². The van der Waals surface area contributed by atoms with Crippen molar-refractivity contribution >= 4 is 27.5 Å². The monoisotopic (exact) mass is 357 g/mol. The van der Waals surface area contributed by atoms with Crippen molar-refractivity contribution < 1.29 is 9.13 Å². The maximum Gasteiger partial charge on any atom is 0.141 e. The normalized spacial score (nSPS) is 13.8. The van der Waals surface area contributed by atoms with Gasteiger partial charge in [-0.2, -0.15) is 0 Å². The van der Waals surface area contributed by atoms with Crippen LogP contribution in [0.15, 0.2) is 46.9 Å². The highest BCUT2D eigenvalue weighted by molar-refractivity contribution is 9.10. The fourth-order valence-corrected chi connectivity index (χ4v) is 2.20. The number of ether oxygens (including phenoxy) is 1. The number of hydrogen-bond acceptors (Lipinski definition) is 2. The van der Waals surface area contributed by atoms with E-state index in [9.17, 15) is 4.39 Å². The Hall–Kier alpha value is -1.10. The molecule has 2 nitrogen and oxygen atoms in total. The largest absolute Gasteiger partial charge is 0.484 e. The Labute approximate surface area is 130 Å². The zero-order valence-corrected chi connectivity index (χ0v) is 13.2. The summed E-state index contributed by atoms with van der Waals surface area (Å²) in [6, 6.07) is 11.6. The molecule has 0 bridgehead atoms. The molecule has 2 aromatic carbocycles. The molecule has 0 spiro atoms. The third-order valence-corrected chi connectivity index (χ3v) is 3.73. The Kier molecular flexibility index (Phi) is 5.02. The molecule has 0 aliphatic rings. The lowest BCUT2D eigenvalue weighted by atomic mass is 10.0. The molecule has 106 valence electrons. The van der Waals surface area contributed by atoms with Crippen molar-refractivity contribution in [1.29, 1.82) is 0 Å². The number of nitrogens with two attached hydrogens (primary N) is 1. The summed E-state index contributed by atoms with van der Waals surface area (Å²) in [6.07, 6.45) is -0.368. The van der Waals surface area contributed by atoms with Gasteiger partial charge in [0.25, 0.3) is 0 Å². The molecule has 0 aliphatic heterocycles. The van der Waals surface area contributed by atoms with Gasteiger partial charge >= 0.3 is 0 Å². The zero-order chi connectivity index (χ0) is 14.7. The molecule has 0 aromatic heterocycles. The minimum Gasteiger partial charge on any atom is -0.484 e. The van der Waals surface area contributed by atoms with Crippen LogP contribution in [0.25, 0.3) is 0 Å². The Morgan fingerprint density at radius 2 is 1.85 bits per heavy atom. The van der Waals surface area contributed by atoms with E-state index in [0.717, 1.165) is 5.56 Å². The van der Waals surface area contributed by atoms with Gasteiger partial charge in [0.1, 0.15) is 17.7 Å². The molecule has 2 aromatic rings. The first-order valence-corrected chi connectivity index (χ1v) is 7.27.